The van der Waals surface area contributed by atoms with Crippen LogP contribution >= 0.6 is 0 Å². The van der Waals surface area contributed by atoms with Crippen molar-refractivity contribution in [2.45, 2.75) is 26.8 Å². The lowest BCUT2D eigenvalue weighted by molar-refractivity contribution is -0.386. The monoisotopic (exact) mass is 291 g/mol. The molecule has 1 aromatic carbocycles. The summed E-state index contributed by atoms with van der Waals surface area (Å²) < 4.78 is 14.2. The Kier molecular flexibility index (Phi) is 4.11. The van der Waals surface area contributed by atoms with Gasteiger partial charge in [0.25, 0.3) is 0 Å². The van der Waals surface area contributed by atoms with Gasteiger partial charge in [0, 0.05) is 18.5 Å². The number of rotatable bonds is 5. The number of carbonyl (C=O) groups excluding carboxylic acids is 1. The van der Waals surface area contributed by atoms with E-state index in [0.29, 0.717) is 17.0 Å². The fourth-order valence-corrected chi connectivity index (χ4v) is 2.16. The summed E-state index contributed by atoms with van der Waals surface area (Å²) in [6.45, 7) is 3.40. The SMILES string of the molecule is Cc1nn(CCC(=O)c2ccc(F)cc2)c(C)c1[N+](=O)[O-]. The molecule has 0 aliphatic heterocycles. The molecule has 0 bridgehead atoms. The molecule has 0 radical (unpaired) electrons. The van der Waals surface area contributed by atoms with Crippen LogP contribution in [0, 0.1) is 29.8 Å². The number of hydrogen-bond donors (Lipinski definition) is 0. The molecule has 0 fully saturated rings. The average molecular weight is 291 g/mol. The molecule has 2 aromatic rings. The zero-order valence-corrected chi connectivity index (χ0v) is 11.7. The van der Waals surface area contributed by atoms with E-state index < -0.39 is 10.7 Å². The van der Waals surface area contributed by atoms with Gasteiger partial charge in [-0.2, -0.15) is 5.10 Å². The predicted molar refractivity (Wildman–Crippen MR) is 73.7 cm³/mol. The molecule has 0 aliphatic carbocycles. The van der Waals surface area contributed by atoms with E-state index in [1.54, 1.807) is 13.8 Å². The third kappa shape index (κ3) is 3.13. The first kappa shape index (κ1) is 14.8. The van der Waals surface area contributed by atoms with Crippen LogP contribution in [0.25, 0.3) is 0 Å². The maximum Gasteiger partial charge on any atom is 0.312 e. The summed E-state index contributed by atoms with van der Waals surface area (Å²) in [6.07, 6.45) is 0.144. The molecule has 2 rings (SSSR count). The Hall–Kier alpha value is -2.57. The van der Waals surface area contributed by atoms with Gasteiger partial charge < -0.3 is 0 Å². The molecule has 110 valence electrons. The van der Waals surface area contributed by atoms with Crippen molar-refractivity contribution in [3.05, 3.63) is 57.1 Å². The number of nitrogens with zero attached hydrogens (tertiary/aromatic N) is 3. The third-order valence-electron chi connectivity index (χ3n) is 3.24. The highest BCUT2D eigenvalue weighted by atomic mass is 19.1. The van der Waals surface area contributed by atoms with Gasteiger partial charge in [-0.3, -0.25) is 19.6 Å². The van der Waals surface area contributed by atoms with Crippen LogP contribution in [0.4, 0.5) is 10.1 Å². The number of benzene rings is 1. The molecular formula is C14H14FN3O3. The van der Waals surface area contributed by atoms with E-state index in [1.807, 2.05) is 0 Å². The highest BCUT2D eigenvalue weighted by Crippen LogP contribution is 2.22. The molecule has 0 atom stereocenters. The van der Waals surface area contributed by atoms with E-state index in [0.717, 1.165) is 0 Å². The van der Waals surface area contributed by atoms with Crippen molar-refractivity contribution in [2.24, 2.45) is 0 Å². The van der Waals surface area contributed by atoms with Crippen LogP contribution in [-0.2, 0) is 6.54 Å². The second-order valence-electron chi connectivity index (χ2n) is 4.68. The Labute approximate surface area is 120 Å². The molecule has 1 aromatic heterocycles. The van der Waals surface area contributed by atoms with E-state index in [1.165, 1.54) is 28.9 Å². The highest BCUT2D eigenvalue weighted by molar-refractivity contribution is 5.95. The highest BCUT2D eigenvalue weighted by Gasteiger charge is 2.21. The quantitative estimate of drug-likeness (QED) is 0.482. The first-order valence-electron chi connectivity index (χ1n) is 6.37. The smallest absolute Gasteiger partial charge is 0.294 e. The Morgan fingerprint density at radius 1 is 1.33 bits per heavy atom. The predicted octanol–water partition coefficient (Wildman–Crippen LogP) is 2.82. The van der Waals surface area contributed by atoms with Crippen molar-refractivity contribution in [1.82, 2.24) is 9.78 Å². The van der Waals surface area contributed by atoms with Crippen LogP contribution in [0.1, 0.15) is 28.2 Å². The molecule has 1 heterocycles. The summed E-state index contributed by atoms with van der Waals surface area (Å²) in [5.41, 5.74) is 1.13. The summed E-state index contributed by atoms with van der Waals surface area (Å²) in [4.78, 5) is 22.4. The van der Waals surface area contributed by atoms with Crippen molar-refractivity contribution >= 4 is 11.5 Å². The molecule has 7 heteroatoms. The van der Waals surface area contributed by atoms with Crippen molar-refractivity contribution in [1.29, 1.82) is 0 Å². The van der Waals surface area contributed by atoms with Gasteiger partial charge in [-0.1, -0.05) is 0 Å². The van der Waals surface area contributed by atoms with Gasteiger partial charge in [0.15, 0.2) is 5.78 Å². The van der Waals surface area contributed by atoms with Gasteiger partial charge in [0.05, 0.1) is 4.92 Å². The summed E-state index contributed by atoms with van der Waals surface area (Å²) >= 11 is 0. The van der Waals surface area contributed by atoms with Crippen LogP contribution in [0.3, 0.4) is 0 Å². The molecule has 0 N–H and O–H groups in total. The van der Waals surface area contributed by atoms with E-state index in [9.17, 15) is 19.3 Å². The second kappa shape index (κ2) is 5.82. The van der Waals surface area contributed by atoms with Crippen LogP contribution in [-0.4, -0.2) is 20.5 Å². The lowest BCUT2D eigenvalue weighted by atomic mass is 10.1. The van der Waals surface area contributed by atoms with Crippen LogP contribution < -0.4 is 0 Å². The van der Waals surface area contributed by atoms with Crippen LogP contribution in [0.5, 0.6) is 0 Å². The number of halogens is 1. The zero-order chi connectivity index (χ0) is 15.6. The fraction of sp³-hybridized carbons (Fsp3) is 0.286. The molecule has 6 nitrogen and oxygen atoms in total. The van der Waals surface area contributed by atoms with E-state index >= 15 is 0 Å². The van der Waals surface area contributed by atoms with Crippen LogP contribution in [0.15, 0.2) is 24.3 Å². The third-order valence-corrected chi connectivity index (χ3v) is 3.24. The largest absolute Gasteiger partial charge is 0.312 e. The molecule has 0 saturated heterocycles. The summed E-state index contributed by atoms with van der Waals surface area (Å²) in [6, 6.07) is 5.28. The number of aromatic nitrogens is 2. The van der Waals surface area contributed by atoms with Gasteiger partial charge in [-0.25, -0.2) is 4.39 Å². The van der Waals surface area contributed by atoms with E-state index in [4.69, 9.17) is 0 Å². The maximum absolute atomic E-state index is 12.8. The summed E-state index contributed by atoms with van der Waals surface area (Å²) in [7, 11) is 0. The molecule has 0 spiro atoms. The standard InChI is InChI=1S/C14H14FN3O3/c1-9-14(18(20)21)10(2)17(16-9)8-7-13(19)11-3-5-12(15)6-4-11/h3-6H,7-8H2,1-2H3. The fourth-order valence-electron chi connectivity index (χ4n) is 2.16. The van der Waals surface area contributed by atoms with Gasteiger partial charge in [0.1, 0.15) is 17.2 Å². The zero-order valence-electron chi connectivity index (χ0n) is 11.7. The average Bonchev–Trinajstić information content (AvgIpc) is 2.71. The Morgan fingerprint density at radius 3 is 2.48 bits per heavy atom. The summed E-state index contributed by atoms with van der Waals surface area (Å²) in [5.74, 6) is -0.564. The van der Waals surface area contributed by atoms with Crippen molar-refractivity contribution in [3.63, 3.8) is 0 Å². The molecular weight excluding hydrogens is 277 g/mol. The first-order chi connectivity index (χ1) is 9.90. The van der Waals surface area contributed by atoms with Crippen molar-refractivity contribution in [2.75, 3.05) is 0 Å². The second-order valence-corrected chi connectivity index (χ2v) is 4.68. The summed E-state index contributed by atoms with van der Waals surface area (Å²) in [5, 5.41) is 15.0. The number of carbonyl (C=O) groups is 1. The molecule has 0 unspecified atom stereocenters. The van der Waals surface area contributed by atoms with E-state index in [-0.39, 0.29) is 24.4 Å². The van der Waals surface area contributed by atoms with Crippen molar-refractivity contribution in [3.8, 4) is 0 Å². The number of Topliss-reactive ketones (excluding diaryl/α,β-unsaturated/α-hetero) is 1. The minimum Gasteiger partial charge on any atom is -0.294 e. The molecule has 0 aliphatic rings. The lowest BCUT2D eigenvalue weighted by Gasteiger charge is -2.03. The number of ketones is 1. The van der Waals surface area contributed by atoms with Gasteiger partial charge in [0.2, 0.25) is 0 Å². The van der Waals surface area contributed by atoms with E-state index in [2.05, 4.69) is 5.10 Å². The Bertz CT molecular complexity index is 692. The Balaban J connectivity index is 2.10. The molecule has 0 amide bonds. The normalized spacial score (nSPS) is 10.6. The number of nitro groups is 1. The van der Waals surface area contributed by atoms with Crippen molar-refractivity contribution < 1.29 is 14.1 Å². The first-order valence-corrected chi connectivity index (χ1v) is 6.37. The molecule has 0 saturated carbocycles. The lowest BCUT2D eigenvalue weighted by Crippen LogP contribution is -2.09. The Morgan fingerprint density at radius 2 is 1.95 bits per heavy atom. The number of hydrogen-bond acceptors (Lipinski definition) is 4. The van der Waals surface area contributed by atoms with Gasteiger partial charge >= 0.3 is 5.69 Å². The minimum atomic E-state index is -0.476. The van der Waals surface area contributed by atoms with Crippen LogP contribution in [0.2, 0.25) is 0 Å². The number of aryl methyl sites for hydroxylation is 2. The topological polar surface area (TPSA) is 78.0 Å². The minimum absolute atomic E-state index is 0.0239. The maximum atomic E-state index is 12.8. The van der Waals surface area contributed by atoms with Gasteiger partial charge in [-0.05, 0) is 38.1 Å². The van der Waals surface area contributed by atoms with Gasteiger partial charge in [-0.15, -0.1) is 0 Å². The molecule has 21 heavy (non-hydrogen) atoms.